The molecule has 0 saturated heterocycles. The smallest absolute Gasteiger partial charge is 0.189 e. The van der Waals surface area contributed by atoms with Gasteiger partial charge in [-0.25, -0.2) is 0 Å². The molecule has 0 aliphatic carbocycles. The van der Waals surface area contributed by atoms with Crippen molar-refractivity contribution in [3.63, 3.8) is 0 Å². The summed E-state index contributed by atoms with van der Waals surface area (Å²) in [5.41, 5.74) is 0.398. The van der Waals surface area contributed by atoms with Crippen LogP contribution in [0.1, 0.15) is 26.3 Å². The summed E-state index contributed by atoms with van der Waals surface area (Å²) < 4.78 is 1.51. The first kappa shape index (κ1) is 11.1. The van der Waals surface area contributed by atoms with Crippen LogP contribution < -0.4 is 0 Å². The van der Waals surface area contributed by atoms with Gasteiger partial charge in [0.15, 0.2) is 5.79 Å². The van der Waals surface area contributed by atoms with Gasteiger partial charge in [-0.1, -0.05) is 13.8 Å². The van der Waals surface area contributed by atoms with E-state index in [2.05, 4.69) is 5.10 Å². The van der Waals surface area contributed by atoms with Crippen molar-refractivity contribution in [1.29, 1.82) is 0 Å². The van der Waals surface area contributed by atoms with Crippen LogP contribution in [0.3, 0.4) is 0 Å². The average Bonchev–Trinajstić information content (AvgIpc) is 2.39. The van der Waals surface area contributed by atoms with Gasteiger partial charge in [-0.15, -0.1) is 0 Å². The third-order valence-electron chi connectivity index (χ3n) is 1.25. The van der Waals surface area contributed by atoms with Crippen LogP contribution >= 0.6 is 0 Å². The fourth-order valence-corrected chi connectivity index (χ4v) is 0.666. The van der Waals surface area contributed by atoms with E-state index < -0.39 is 5.79 Å². The molecule has 1 aromatic rings. The van der Waals surface area contributed by atoms with Crippen molar-refractivity contribution in [3.05, 3.63) is 18.0 Å². The largest absolute Gasteiger partial charge is 0.362 e. The maximum atomic E-state index is 9.00. The number of hydrogen-bond acceptors (Lipinski definition) is 3. The molecule has 0 atom stereocenters. The quantitative estimate of drug-likeness (QED) is 0.610. The second kappa shape index (κ2) is 4.23. The highest BCUT2D eigenvalue weighted by Crippen LogP contribution is 2.14. The Bertz CT molecular complexity index is 225. The molecule has 4 nitrogen and oxygen atoms in total. The van der Waals surface area contributed by atoms with Crippen LogP contribution in [-0.2, 0) is 12.8 Å². The molecular weight excluding hydrogens is 156 g/mol. The van der Waals surface area contributed by atoms with Gasteiger partial charge in [-0.05, 0) is 6.92 Å². The Morgan fingerprint density at radius 1 is 1.42 bits per heavy atom. The molecule has 1 rings (SSSR count). The van der Waals surface area contributed by atoms with Gasteiger partial charge >= 0.3 is 0 Å². The van der Waals surface area contributed by atoms with Crippen molar-refractivity contribution >= 4 is 0 Å². The zero-order valence-corrected chi connectivity index (χ0v) is 7.94. The van der Waals surface area contributed by atoms with Gasteiger partial charge in [0, 0.05) is 18.8 Å². The minimum Gasteiger partial charge on any atom is -0.362 e. The number of aromatic nitrogens is 2. The molecule has 0 aliphatic rings. The van der Waals surface area contributed by atoms with Gasteiger partial charge in [0.05, 0.1) is 6.20 Å². The summed E-state index contributed by atoms with van der Waals surface area (Å²) in [6, 6.07) is 0. The number of hydrogen-bond donors (Lipinski definition) is 2. The van der Waals surface area contributed by atoms with Gasteiger partial charge in [-0.2, -0.15) is 5.10 Å². The van der Waals surface area contributed by atoms with Crippen molar-refractivity contribution < 1.29 is 10.2 Å². The lowest BCUT2D eigenvalue weighted by Gasteiger charge is -2.11. The van der Waals surface area contributed by atoms with E-state index in [-0.39, 0.29) is 0 Å². The molecule has 70 valence electrons. The summed E-state index contributed by atoms with van der Waals surface area (Å²) in [5.74, 6) is -1.77. The molecule has 0 spiro atoms. The molecule has 0 bridgehead atoms. The Balaban J connectivity index is 0.000000561. The SMILES string of the molecule is CC.Cn1cc(C(C)(O)O)cn1. The van der Waals surface area contributed by atoms with E-state index in [0.29, 0.717) is 5.56 Å². The number of rotatable bonds is 1. The third-order valence-corrected chi connectivity index (χ3v) is 1.25. The lowest BCUT2D eigenvalue weighted by molar-refractivity contribution is -0.152. The standard InChI is InChI=1S/C6H10N2O2.C2H6/c1-6(9,10)5-3-7-8(2)4-5;1-2/h3-4,9-10H,1-2H3;1-2H3. The van der Waals surface area contributed by atoms with Crippen LogP contribution in [0.5, 0.6) is 0 Å². The Kier molecular flexibility index (Phi) is 3.92. The van der Waals surface area contributed by atoms with Crippen molar-refractivity contribution in [2.75, 3.05) is 0 Å². The van der Waals surface area contributed by atoms with E-state index in [0.717, 1.165) is 0 Å². The second-order valence-corrected chi connectivity index (χ2v) is 2.42. The van der Waals surface area contributed by atoms with Gasteiger partial charge in [0.2, 0.25) is 0 Å². The van der Waals surface area contributed by atoms with Crippen LogP contribution in [-0.4, -0.2) is 20.0 Å². The van der Waals surface area contributed by atoms with Crippen LogP contribution in [0, 0.1) is 0 Å². The highest BCUT2D eigenvalue weighted by molar-refractivity contribution is 5.09. The Morgan fingerprint density at radius 2 is 1.92 bits per heavy atom. The second-order valence-electron chi connectivity index (χ2n) is 2.42. The predicted octanol–water partition coefficient (Wildman–Crippen LogP) is 0.604. The minimum atomic E-state index is -1.77. The lowest BCUT2D eigenvalue weighted by atomic mass is 10.2. The van der Waals surface area contributed by atoms with E-state index in [9.17, 15) is 0 Å². The fourth-order valence-electron chi connectivity index (χ4n) is 0.666. The summed E-state index contributed by atoms with van der Waals surface area (Å²) >= 11 is 0. The van der Waals surface area contributed by atoms with E-state index >= 15 is 0 Å². The van der Waals surface area contributed by atoms with Crippen molar-refractivity contribution in [1.82, 2.24) is 9.78 Å². The number of aliphatic hydroxyl groups is 2. The van der Waals surface area contributed by atoms with Crippen LogP contribution in [0.2, 0.25) is 0 Å². The van der Waals surface area contributed by atoms with Crippen LogP contribution in [0.25, 0.3) is 0 Å². The van der Waals surface area contributed by atoms with Gasteiger partial charge in [0.25, 0.3) is 0 Å². The molecule has 0 radical (unpaired) electrons. The maximum absolute atomic E-state index is 9.00. The summed E-state index contributed by atoms with van der Waals surface area (Å²) in [5, 5.41) is 21.8. The van der Waals surface area contributed by atoms with E-state index in [1.165, 1.54) is 17.8 Å². The highest BCUT2D eigenvalue weighted by Gasteiger charge is 2.19. The van der Waals surface area contributed by atoms with Crippen LogP contribution in [0.4, 0.5) is 0 Å². The Labute approximate surface area is 72.5 Å². The summed E-state index contributed by atoms with van der Waals surface area (Å²) in [6.07, 6.45) is 2.97. The first-order chi connectivity index (χ1) is 5.50. The van der Waals surface area contributed by atoms with Crippen molar-refractivity contribution in [3.8, 4) is 0 Å². The molecule has 12 heavy (non-hydrogen) atoms. The van der Waals surface area contributed by atoms with Gasteiger partial charge in [0.1, 0.15) is 0 Å². The first-order valence-corrected chi connectivity index (χ1v) is 3.94. The monoisotopic (exact) mass is 172 g/mol. The lowest BCUT2D eigenvalue weighted by Crippen LogP contribution is -2.18. The fraction of sp³-hybridized carbons (Fsp3) is 0.625. The van der Waals surface area contributed by atoms with Crippen molar-refractivity contribution in [2.24, 2.45) is 7.05 Å². The zero-order chi connectivity index (χ0) is 9.78. The summed E-state index contributed by atoms with van der Waals surface area (Å²) in [7, 11) is 1.72. The molecule has 2 N–H and O–H groups in total. The van der Waals surface area contributed by atoms with Gasteiger partial charge < -0.3 is 10.2 Å². The zero-order valence-electron chi connectivity index (χ0n) is 7.94. The van der Waals surface area contributed by atoms with E-state index in [4.69, 9.17) is 10.2 Å². The maximum Gasteiger partial charge on any atom is 0.189 e. The molecule has 0 unspecified atom stereocenters. The average molecular weight is 172 g/mol. The topological polar surface area (TPSA) is 58.3 Å². The minimum absolute atomic E-state index is 0.398. The molecule has 1 aromatic heterocycles. The van der Waals surface area contributed by atoms with E-state index in [1.807, 2.05) is 13.8 Å². The van der Waals surface area contributed by atoms with E-state index in [1.54, 1.807) is 13.2 Å². The van der Waals surface area contributed by atoms with Crippen molar-refractivity contribution in [2.45, 2.75) is 26.6 Å². The molecule has 0 aliphatic heterocycles. The molecule has 0 fully saturated rings. The third kappa shape index (κ3) is 3.02. The Hall–Kier alpha value is -0.870. The first-order valence-electron chi connectivity index (χ1n) is 3.94. The molecular formula is C8H16N2O2. The number of aryl methyl sites for hydroxylation is 1. The molecule has 0 aromatic carbocycles. The predicted molar refractivity (Wildman–Crippen MR) is 46.3 cm³/mol. The van der Waals surface area contributed by atoms with Gasteiger partial charge in [-0.3, -0.25) is 4.68 Å². The molecule has 4 heteroatoms. The highest BCUT2D eigenvalue weighted by atomic mass is 16.5. The molecule has 0 amide bonds. The molecule has 1 heterocycles. The summed E-state index contributed by atoms with van der Waals surface area (Å²) in [4.78, 5) is 0. The van der Waals surface area contributed by atoms with Crippen LogP contribution in [0.15, 0.2) is 12.4 Å². The Morgan fingerprint density at radius 3 is 2.08 bits per heavy atom. The summed E-state index contributed by atoms with van der Waals surface area (Å²) in [6.45, 7) is 5.30. The number of nitrogens with zero attached hydrogens (tertiary/aromatic N) is 2. The normalized spacial score (nSPS) is 10.5. The molecule has 0 saturated carbocycles.